The Bertz CT molecular complexity index is 688. The van der Waals surface area contributed by atoms with Crippen molar-refractivity contribution in [1.29, 1.82) is 0 Å². The number of rotatable bonds is 1. The first kappa shape index (κ1) is 10.5. The second kappa shape index (κ2) is 4.00. The van der Waals surface area contributed by atoms with E-state index < -0.39 is 0 Å². The normalized spacial score (nSPS) is 10.9. The molecule has 3 heteroatoms. The molecule has 0 fully saturated rings. The monoisotopic (exact) mass is 289 g/mol. The van der Waals surface area contributed by atoms with Gasteiger partial charge in [0.15, 0.2) is 0 Å². The first-order valence-corrected chi connectivity index (χ1v) is 6.07. The van der Waals surface area contributed by atoms with Crippen LogP contribution in [0.1, 0.15) is 0 Å². The van der Waals surface area contributed by atoms with Gasteiger partial charge in [-0.2, -0.15) is 0 Å². The summed E-state index contributed by atoms with van der Waals surface area (Å²) in [4.78, 5) is 3.22. The number of benzene rings is 2. The van der Waals surface area contributed by atoms with Crippen LogP contribution in [-0.4, -0.2) is 4.98 Å². The van der Waals surface area contributed by atoms with E-state index in [4.69, 9.17) is 0 Å². The lowest BCUT2D eigenvalue weighted by Crippen LogP contribution is -1.77. The van der Waals surface area contributed by atoms with Gasteiger partial charge in [-0.05, 0) is 24.3 Å². The molecule has 17 heavy (non-hydrogen) atoms. The topological polar surface area (TPSA) is 15.8 Å². The van der Waals surface area contributed by atoms with Crippen molar-refractivity contribution >= 4 is 26.8 Å². The number of halogens is 2. The van der Waals surface area contributed by atoms with E-state index in [0.717, 1.165) is 21.2 Å². The van der Waals surface area contributed by atoms with Gasteiger partial charge in [0, 0.05) is 26.6 Å². The van der Waals surface area contributed by atoms with Gasteiger partial charge in [0.1, 0.15) is 5.82 Å². The van der Waals surface area contributed by atoms with Crippen molar-refractivity contribution in [3.63, 3.8) is 0 Å². The van der Waals surface area contributed by atoms with E-state index in [2.05, 4.69) is 20.9 Å². The van der Waals surface area contributed by atoms with Gasteiger partial charge in [-0.15, -0.1) is 0 Å². The maximum absolute atomic E-state index is 13.6. The minimum atomic E-state index is -0.197. The smallest absolute Gasteiger partial charge is 0.132 e. The maximum Gasteiger partial charge on any atom is 0.132 e. The zero-order valence-electron chi connectivity index (χ0n) is 8.87. The molecule has 1 N–H and O–H groups in total. The Kier molecular flexibility index (Phi) is 2.48. The summed E-state index contributed by atoms with van der Waals surface area (Å²) in [5, 5.41) is 0.623. The van der Waals surface area contributed by atoms with E-state index in [1.165, 1.54) is 6.07 Å². The highest BCUT2D eigenvalue weighted by Crippen LogP contribution is 2.30. The summed E-state index contributed by atoms with van der Waals surface area (Å²) in [5.74, 6) is -0.197. The van der Waals surface area contributed by atoms with E-state index in [9.17, 15) is 4.39 Å². The summed E-state index contributed by atoms with van der Waals surface area (Å²) in [6, 6.07) is 14.8. The highest BCUT2D eigenvalue weighted by molar-refractivity contribution is 9.10. The van der Waals surface area contributed by atoms with Crippen LogP contribution in [0.4, 0.5) is 4.39 Å². The van der Waals surface area contributed by atoms with E-state index in [-0.39, 0.29) is 5.82 Å². The molecule has 0 radical (unpaired) electrons. The molecule has 1 aromatic heterocycles. The van der Waals surface area contributed by atoms with Gasteiger partial charge in [-0.1, -0.05) is 40.2 Å². The zero-order chi connectivity index (χ0) is 11.8. The number of nitrogens with one attached hydrogen (secondary N) is 1. The average molecular weight is 290 g/mol. The average Bonchev–Trinajstić information content (AvgIpc) is 2.75. The summed E-state index contributed by atoms with van der Waals surface area (Å²) >= 11 is 3.50. The van der Waals surface area contributed by atoms with Crippen LogP contribution in [0.25, 0.3) is 22.2 Å². The van der Waals surface area contributed by atoms with Crippen LogP contribution in [-0.2, 0) is 0 Å². The molecule has 0 spiro atoms. The fourth-order valence-electron chi connectivity index (χ4n) is 1.94. The van der Waals surface area contributed by atoms with Gasteiger partial charge in [-0.25, -0.2) is 4.39 Å². The van der Waals surface area contributed by atoms with Gasteiger partial charge in [0.2, 0.25) is 0 Å². The van der Waals surface area contributed by atoms with Crippen molar-refractivity contribution in [3.8, 4) is 11.3 Å². The van der Waals surface area contributed by atoms with E-state index in [1.54, 1.807) is 6.07 Å². The molecule has 0 aliphatic rings. The van der Waals surface area contributed by atoms with Crippen molar-refractivity contribution < 1.29 is 4.39 Å². The molecule has 84 valence electrons. The van der Waals surface area contributed by atoms with Crippen LogP contribution in [0.5, 0.6) is 0 Å². The lowest BCUT2D eigenvalue weighted by Gasteiger charge is -2.00. The lowest BCUT2D eigenvalue weighted by molar-refractivity contribution is 0.640. The third-order valence-corrected chi connectivity index (χ3v) is 3.47. The standard InChI is InChI=1S/C14H9BrFN/c15-11-5-2-1-4-9(11)14-8-10-12(16)6-3-7-13(10)17-14/h1-8,17H. The van der Waals surface area contributed by atoms with Gasteiger partial charge in [0.05, 0.1) is 0 Å². The molecule has 0 unspecified atom stereocenters. The Balaban J connectivity index is 2.26. The molecular weight excluding hydrogens is 281 g/mol. The van der Waals surface area contributed by atoms with Gasteiger partial charge < -0.3 is 4.98 Å². The van der Waals surface area contributed by atoms with Gasteiger partial charge >= 0.3 is 0 Å². The Labute approximate surface area is 106 Å². The Hall–Kier alpha value is -1.61. The number of aromatic nitrogens is 1. The largest absolute Gasteiger partial charge is 0.354 e. The van der Waals surface area contributed by atoms with Crippen molar-refractivity contribution in [2.24, 2.45) is 0 Å². The molecule has 0 atom stereocenters. The number of aromatic amines is 1. The Morgan fingerprint density at radius 1 is 1.00 bits per heavy atom. The van der Waals surface area contributed by atoms with Crippen LogP contribution < -0.4 is 0 Å². The predicted octanol–water partition coefficient (Wildman–Crippen LogP) is 4.74. The van der Waals surface area contributed by atoms with Crippen LogP contribution in [0.3, 0.4) is 0 Å². The first-order valence-electron chi connectivity index (χ1n) is 5.28. The highest BCUT2D eigenvalue weighted by atomic mass is 79.9. The zero-order valence-corrected chi connectivity index (χ0v) is 10.5. The first-order chi connectivity index (χ1) is 8.25. The Morgan fingerprint density at radius 3 is 2.59 bits per heavy atom. The molecule has 0 aliphatic carbocycles. The Morgan fingerprint density at radius 2 is 1.82 bits per heavy atom. The maximum atomic E-state index is 13.6. The van der Waals surface area contributed by atoms with Crippen LogP contribution in [0.15, 0.2) is 53.0 Å². The van der Waals surface area contributed by atoms with E-state index in [1.807, 2.05) is 36.4 Å². The molecule has 0 saturated carbocycles. The van der Waals surface area contributed by atoms with Crippen molar-refractivity contribution in [2.45, 2.75) is 0 Å². The molecule has 3 aromatic rings. The summed E-state index contributed by atoms with van der Waals surface area (Å²) in [6.07, 6.45) is 0. The fourth-order valence-corrected chi connectivity index (χ4v) is 2.44. The minimum absolute atomic E-state index is 0.197. The van der Waals surface area contributed by atoms with Crippen molar-refractivity contribution in [1.82, 2.24) is 4.98 Å². The molecule has 0 amide bonds. The third-order valence-electron chi connectivity index (χ3n) is 2.77. The van der Waals surface area contributed by atoms with Gasteiger partial charge in [0.25, 0.3) is 0 Å². The predicted molar refractivity (Wildman–Crippen MR) is 71.4 cm³/mol. The molecule has 2 aromatic carbocycles. The number of hydrogen-bond acceptors (Lipinski definition) is 0. The molecule has 0 saturated heterocycles. The quantitative estimate of drug-likeness (QED) is 0.666. The second-order valence-electron chi connectivity index (χ2n) is 3.86. The molecule has 3 rings (SSSR count). The molecule has 1 heterocycles. The third kappa shape index (κ3) is 1.76. The molecule has 0 bridgehead atoms. The van der Waals surface area contributed by atoms with Crippen LogP contribution in [0.2, 0.25) is 0 Å². The van der Waals surface area contributed by atoms with E-state index in [0.29, 0.717) is 5.39 Å². The van der Waals surface area contributed by atoms with Crippen LogP contribution >= 0.6 is 15.9 Å². The van der Waals surface area contributed by atoms with Crippen molar-refractivity contribution in [3.05, 3.63) is 58.8 Å². The summed E-state index contributed by atoms with van der Waals surface area (Å²) in [7, 11) is 0. The number of hydrogen-bond donors (Lipinski definition) is 1. The molecular formula is C14H9BrFN. The highest BCUT2D eigenvalue weighted by Gasteiger charge is 2.08. The molecule has 1 nitrogen and oxygen atoms in total. The SMILES string of the molecule is Fc1cccc2[nH]c(-c3ccccc3Br)cc12. The minimum Gasteiger partial charge on any atom is -0.354 e. The summed E-state index contributed by atoms with van der Waals surface area (Å²) < 4.78 is 14.6. The van der Waals surface area contributed by atoms with Gasteiger partial charge in [-0.3, -0.25) is 0 Å². The number of H-pyrrole nitrogens is 1. The number of fused-ring (bicyclic) bond motifs is 1. The lowest BCUT2D eigenvalue weighted by atomic mass is 10.1. The summed E-state index contributed by atoms with van der Waals surface area (Å²) in [6.45, 7) is 0. The van der Waals surface area contributed by atoms with Crippen molar-refractivity contribution in [2.75, 3.05) is 0 Å². The summed E-state index contributed by atoms with van der Waals surface area (Å²) in [5.41, 5.74) is 2.76. The van der Waals surface area contributed by atoms with E-state index >= 15 is 0 Å². The van der Waals surface area contributed by atoms with Crippen LogP contribution in [0, 0.1) is 5.82 Å². The second-order valence-corrected chi connectivity index (χ2v) is 4.72. The fraction of sp³-hybridized carbons (Fsp3) is 0. The molecule has 0 aliphatic heterocycles.